The molecule has 0 bridgehead atoms. The SMILES string of the molecule is N#Cc1nn([C@H]2C[C@@H](O)C2)cc1NC(=O)c1csc(-c2cn[nH]c2)n1. The summed E-state index contributed by atoms with van der Waals surface area (Å²) in [6, 6.07) is 2.03. The van der Waals surface area contributed by atoms with E-state index in [2.05, 4.69) is 25.6 Å². The molecule has 25 heavy (non-hydrogen) atoms. The molecule has 0 saturated heterocycles. The molecule has 0 aromatic carbocycles. The summed E-state index contributed by atoms with van der Waals surface area (Å²) in [7, 11) is 0. The Morgan fingerprint density at radius 3 is 3.04 bits per heavy atom. The van der Waals surface area contributed by atoms with Gasteiger partial charge >= 0.3 is 0 Å². The van der Waals surface area contributed by atoms with Crippen LogP contribution in [0.25, 0.3) is 10.6 Å². The lowest BCUT2D eigenvalue weighted by Crippen LogP contribution is -2.31. The smallest absolute Gasteiger partial charge is 0.275 e. The number of hydrogen-bond donors (Lipinski definition) is 3. The summed E-state index contributed by atoms with van der Waals surface area (Å²) in [6.07, 6.45) is 5.82. The van der Waals surface area contributed by atoms with Crippen molar-refractivity contribution in [2.45, 2.75) is 25.0 Å². The lowest BCUT2D eigenvalue weighted by molar-refractivity contribution is 0.0434. The number of aliphatic hydroxyl groups is 1. The molecule has 10 heteroatoms. The number of H-pyrrole nitrogens is 1. The van der Waals surface area contributed by atoms with Gasteiger partial charge in [-0.1, -0.05) is 0 Å². The van der Waals surface area contributed by atoms with Crippen LogP contribution in [0.3, 0.4) is 0 Å². The number of carbonyl (C=O) groups is 1. The van der Waals surface area contributed by atoms with Gasteiger partial charge in [-0.05, 0) is 12.8 Å². The predicted octanol–water partition coefficient (Wildman–Crippen LogP) is 1.55. The van der Waals surface area contributed by atoms with E-state index in [1.165, 1.54) is 11.3 Å². The number of carbonyl (C=O) groups excluding carboxylic acids is 1. The van der Waals surface area contributed by atoms with Crippen molar-refractivity contribution in [2.24, 2.45) is 0 Å². The Bertz CT molecular complexity index is 947. The topological polar surface area (TPSA) is 133 Å². The molecule has 0 unspecified atom stereocenters. The van der Waals surface area contributed by atoms with Crippen molar-refractivity contribution < 1.29 is 9.90 Å². The van der Waals surface area contributed by atoms with Crippen LogP contribution in [-0.4, -0.2) is 42.1 Å². The fourth-order valence-corrected chi connectivity index (χ4v) is 3.37. The first kappa shape index (κ1) is 15.5. The van der Waals surface area contributed by atoms with Gasteiger partial charge in [-0.15, -0.1) is 11.3 Å². The standard InChI is InChI=1S/C15H13N7O2S/c16-3-11-12(6-22(21-11)9-1-10(23)2-9)19-14(24)13-7-25-15(20-13)8-4-17-18-5-8/h4-7,9-10,23H,1-2H2,(H,17,18)(H,19,24)/t9-,10+. The molecule has 1 aliphatic rings. The summed E-state index contributed by atoms with van der Waals surface area (Å²) in [5, 5.41) is 34.4. The molecule has 1 saturated carbocycles. The molecule has 0 radical (unpaired) electrons. The van der Waals surface area contributed by atoms with E-state index in [9.17, 15) is 15.2 Å². The molecule has 3 aromatic heterocycles. The van der Waals surface area contributed by atoms with Crippen LogP contribution < -0.4 is 5.32 Å². The van der Waals surface area contributed by atoms with E-state index < -0.39 is 5.91 Å². The molecule has 0 aliphatic heterocycles. The first-order chi connectivity index (χ1) is 12.1. The molecule has 1 fully saturated rings. The molecule has 1 aliphatic carbocycles. The van der Waals surface area contributed by atoms with E-state index in [0.29, 0.717) is 23.5 Å². The van der Waals surface area contributed by atoms with Crippen molar-refractivity contribution in [3.05, 3.63) is 35.4 Å². The van der Waals surface area contributed by atoms with E-state index in [-0.39, 0.29) is 23.5 Å². The van der Waals surface area contributed by atoms with Crippen molar-refractivity contribution in [3.63, 3.8) is 0 Å². The molecule has 126 valence electrons. The number of nitriles is 1. The monoisotopic (exact) mass is 355 g/mol. The van der Waals surface area contributed by atoms with Gasteiger partial charge in [-0.25, -0.2) is 4.98 Å². The van der Waals surface area contributed by atoms with Gasteiger partial charge in [0.05, 0.1) is 30.2 Å². The van der Waals surface area contributed by atoms with Crippen LogP contribution in [0.5, 0.6) is 0 Å². The Balaban J connectivity index is 1.52. The number of aromatic nitrogens is 5. The molecule has 3 heterocycles. The Hall–Kier alpha value is -3.03. The zero-order valence-electron chi connectivity index (χ0n) is 12.9. The van der Waals surface area contributed by atoms with Crippen molar-refractivity contribution in [1.29, 1.82) is 5.26 Å². The largest absolute Gasteiger partial charge is 0.393 e. The minimum absolute atomic E-state index is 0.0553. The second kappa shape index (κ2) is 6.12. The van der Waals surface area contributed by atoms with Gasteiger partial charge < -0.3 is 10.4 Å². The number of aliphatic hydroxyl groups excluding tert-OH is 1. The number of nitrogens with zero attached hydrogens (tertiary/aromatic N) is 5. The first-order valence-corrected chi connectivity index (χ1v) is 8.45. The van der Waals surface area contributed by atoms with Crippen LogP contribution >= 0.6 is 11.3 Å². The number of anilines is 1. The predicted molar refractivity (Wildman–Crippen MR) is 88.9 cm³/mol. The van der Waals surface area contributed by atoms with Crippen LogP contribution in [0.15, 0.2) is 24.0 Å². The molecule has 9 nitrogen and oxygen atoms in total. The van der Waals surface area contributed by atoms with Gasteiger partial charge in [0.2, 0.25) is 0 Å². The van der Waals surface area contributed by atoms with Gasteiger partial charge in [0, 0.05) is 17.1 Å². The third kappa shape index (κ3) is 2.90. The zero-order chi connectivity index (χ0) is 17.4. The van der Waals surface area contributed by atoms with Gasteiger partial charge in [-0.2, -0.15) is 15.5 Å². The highest BCUT2D eigenvalue weighted by Crippen LogP contribution is 2.33. The summed E-state index contributed by atoms with van der Waals surface area (Å²) < 4.78 is 1.62. The van der Waals surface area contributed by atoms with Crippen LogP contribution in [0.1, 0.15) is 35.1 Å². The maximum Gasteiger partial charge on any atom is 0.275 e. The van der Waals surface area contributed by atoms with E-state index in [1.54, 1.807) is 28.7 Å². The second-order valence-corrected chi connectivity index (χ2v) is 6.60. The maximum atomic E-state index is 12.4. The molecular weight excluding hydrogens is 342 g/mol. The zero-order valence-corrected chi connectivity index (χ0v) is 13.7. The van der Waals surface area contributed by atoms with Crippen LogP contribution in [0.4, 0.5) is 5.69 Å². The third-order valence-corrected chi connectivity index (χ3v) is 4.92. The van der Waals surface area contributed by atoms with Crippen LogP contribution in [0.2, 0.25) is 0 Å². The van der Waals surface area contributed by atoms with Crippen molar-refractivity contribution >= 4 is 22.9 Å². The molecule has 3 aromatic rings. The summed E-state index contributed by atoms with van der Waals surface area (Å²) >= 11 is 1.33. The molecule has 0 atom stereocenters. The Kier molecular flexibility index (Phi) is 3.79. The van der Waals surface area contributed by atoms with Gasteiger partial charge in [0.25, 0.3) is 5.91 Å². The number of nitrogens with one attached hydrogen (secondary N) is 2. The lowest BCUT2D eigenvalue weighted by atomic mass is 9.90. The highest BCUT2D eigenvalue weighted by atomic mass is 32.1. The van der Waals surface area contributed by atoms with Crippen molar-refractivity contribution in [3.8, 4) is 16.6 Å². The van der Waals surface area contributed by atoms with Crippen LogP contribution in [0, 0.1) is 11.3 Å². The molecule has 1 amide bonds. The Labute approximate surface area is 145 Å². The number of aromatic amines is 1. The number of thiazole rings is 1. The molecule has 0 spiro atoms. The van der Waals surface area contributed by atoms with E-state index in [0.717, 1.165) is 5.56 Å². The van der Waals surface area contributed by atoms with E-state index in [1.807, 2.05) is 6.07 Å². The molecule has 3 N–H and O–H groups in total. The normalized spacial score (nSPS) is 19.2. The fourth-order valence-electron chi connectivity index (χ4n) is 2.59. The summed E-state index contributed by atoms with van der Waals surface area (Å²) in [5.41, 5.74) is 1.54. The highest BCUT2D eigenvalue weighted by molar-refractivity contribution is 7.13. The minimum atomic E-state index is -0.407. The quantitative estimate of drug-likeness (QED) is 0.650. The second-order valence-electron chi connectivity index (χ2n) is 5.74. The fraction of sp³-hybridized carbons (Fsp3) is 0.267. The van der Waals surface area contributed by atoms with E-state index >= 15 is 0 Å². The Morgan fingerprint density at radius 1 is 1.52 bits per heavy atom. The number of rotatable bonds is 4. The maximum absolute atomic E-state index is 12.4. The van der Waals surface area contributed by atoms with Crippen molar-refractivity contribution in [2.75, 3.05) is 5.32 Å². The minimum Gasteiger partial charge on any atom is -0.393 e. The average Bonchev–Trinajstić information content (AvgIpc) is 3.30. The Morgan fingerprint density at radius 2 is 2.36 bits per heavy atom. The molecular formula is C15H13N7O2S. The summed E-state index contributed by atoms with van der Waals surface area (Å²) in [4.78, 5) is 16.7. The van der Waals surface area contributed by atoms with E-state index in [4.69, 9.17) is 0 Å². The van der Waals surface area contributed by atoms with Gasteiger partial charge in [0.1, 0.15) is 16.8 Å². The highest BCUT2D eigenvalue weighted by Gasteiger charge is 2.30. The molecule has 4 rings (SSSR count). The van der Waals surface area contributed by atoms with Gasteiger partial charge in [-0.3, -0.25) is 14.6 Å². The van der Waals surface area contributed by atoms with Crippen LogP contribution in [-0.2, 0) is 0 Å². The number of amides is 1. The summed E-state index contributed by atoms with van der Waals surface area (Å²) in [6.45, 7) is 0. The lowest BCUT2D eigenvalue weighted by Gasteiger charge is -2.31. The number of hydrogen-bond acceptors (Lipinski definition) is 7. The third-order valence-electron chi connectivity index (χ3n) is 4.03. The van der Waals surface area contributed by atoms with Gasteiger partial charge in [0.15, 0.2) is 5.69 Å². The first-order valence-electron chi connectivity index (χ1n) is 7.57. The summed E-state index contributed by atoms with van der Waals surface area (Å²) in [5.74, 6) is -0.407. The average molecular weight is 355 g/mol. The van der Waals surface area contributed by atoms with Crippen molar-refractivity contribution in [1.82, 2.24) is 25.0 Å².